The molecule has 0 heterocycles. The van der Waals surface area contributed by atoms with Crippen molar-refractivity contribution in [1.29, 1.82) is 0 Å². The second kappa shape index (κ2) is 10.6. The van der Waals surface area contributed by atoms with E-state index in [1.807, 2.05) is 55.5 Å². The Morgan fingerprint density at radius 2 is 1.39 bits per heavy atom. The van der Waals surface area contributed by atoms with Crippen LogP contribution >= 0.6 is 0 Å². The number of ether oxygens (including phenoxy) is 1. The van der Waals surface area contributed by atoms with E-state index in [1.54, 1.807) is 12.1 Å². The minimum atomic E-state index is -1.23. The zero-order valence-corrected chi connectivity index (χ0v) is 18.6. The number of aryl methyl sites for hydroxylation is 1. The van der Waals surface area contributed by atoms with Gasteiger partial charge in [-0.25, -0.2) is 4.39 Å². The molecule has 1 N–H and O–H groups in total. The lowest BCUT2D eigenvalue weighted by atomic mass is 9.81. The number of hydrogen-bond acceptors (Lipinski definition) is 3. The predicted molar refractivity (Wildman–Crippen MR) is 124 cm³/mol. The average molecular weight is 422 g/mol. The lowest BCUT2D eigenvalue weighted by molar-refractivity contribution is 0.0810. The zero-order chi connectivity index (χ0) is 22.3. The molecule has 1 atom stereocenters. The summed E-state index contributed by atoms with van der Waals surface area (Å²) >= 11 is 0. The second-order valence-corrected chi connectivity index (χ2v) is 7.93. The smallest absolute Gasteiger partial charge is 0.123 e. The Kier molecular flexibility index (Phi) is 7.83. The van der Waals surface area contributed by atoms with Gasteiger partial charge in [0.2, 0.25) is 0 Å². The van der Waals surface area contributed by atoms with Crippen molar-refractivity contribution in [2.24, 2.45) is 0 Å². The van der Waals surface area contributed by atoms with Crippen molar-refractivity contribution in [3.8, 4) is 5.75 Å². The van der Waals surface area contributed by atoms with Crippen molar-refractivity contribution in [3.05, 3.63) is 101 Å². The molecular weight excluding hydrogens is 389 g/mol. The van der Waals surface area contributed by atoms with Crippen LogP contribution in [0.4, 0.5) is 4.39 Å². The lowest BCUT2D eigenvalue weighted by Crippen LogP contribution is -2.30. The fourth-order valence-electron chi connectivity index (χ4n) is 3.76. The summed E-state index contributed by atoms with van der Waals surface area (Å²) in [5.41, 5.74) is 2.34. The number of benzene rings is 3. The van der Waals surface area contributed by atoms with E-state index in [9.17, 15) is 9.50 Å². The number of aliphatic hydroxyl groups is 1. The fourth-order valence-corrected chi connectivity index (χ4v) is 3.76. The van der Waals surface area contributed by atoms with Gasteiger partial charge in [0.1, 0.15) is 23.8 Å². The van der Waals surface area contributed by atoms with Crippen LogP contribution in [0.15, 0.2) is 72.8 Å². The molecule has 0 saturated carbocycles. The summed E-state index contributed by atoms with van der Waals surface area (Å²) < 4.78 is 19.3. The van der Waals surface area contributed by atoms with Crippen LogP contribution in [0.5, 0.6) is 5.75 Å². The first-order valence-corrected chi connectivity index (χ1v) is 10.9. The maximum atomic E-state index is 13.4. The molecule has 0 spiro atoms. The predicted octanol–water partition coefficient (Wildman–Crippen LogP) is 5.33. The lowest BCUT2D eigenvalue weighted by Gasteiger charge is -2.30. The number of likely N-dealkylation sites (N-methyl/N-ethyl adjacent to an activating group) is 1. The molecule has 0 saturated heterocycles. The molecule has 0 fully saturated rings. The van der Waals surface area contributed by atoms with Crippen LogP contribution in [0.3, 0.4) is 0 Å². The Morgan fingerprint density at radius 3 is 1.94 bits per heavy atom. The Balaban J connectivity index is 1.83. The number of rotatable bonds is 10. The summed E-state index contributed by atoms with van der Waals surface area (Å²) in [6, 6.07) is 21.8. The van der Waals surface area contributed by atoms with Crippen LogP contribution < -0.4 is 4.74 Å². The third-order valence-electron chi connectivity index (χ3n) is 5.80. The Morgan fingerprint density at radius 1 is 0.839 bits per heavy atom. The van der Waals surface area contributed by atoms with Crippen LogP contribution in [0.1, 0.15) is 36.1 Å². The highest BCUT2D eigenvalue weighted by Gasteiger charge is 2.32. The van der Waals surface area contributed by atoms with Crippen molar-refractivity contribution in [2.45, 2.75) is 32.8 Å². The molecule has 3 rings (SSSR count). The van der Waals surface area contributed by atoms with E-state index in [0.717, 1.165) is 47.6 Å². The molecule has 3 aromatic rings. The normalized spacial score (nSPS) is 13.2. The highest BCUT2D eigenvalue weighted by molar-refractivity contribution is 5.41. The van der Waals surface area contributed by atoms with Crippen molar-refractivity contribution >= 4 is 0 Å². The van der Waals surface area contributed by atoms with Gasteiger partial charge in [-0.3, -0.25) is 0 Å². The van der Waals surface area contributed by atoms with Gasteiger partial charge in [0.25, 0.3) is 0 Å². The molecule has 0 bridgehead atoms. The van der Waals surface area contributed by atoms with E-state index in [-0.39, 0.29) is 5.82 Å². The largest absolute Gasteiger partial charge is 0.492 e. The van der Waals surface area contributed by atoms with E-state index in [4.69, 9.17) is 4.74 Å². The molecular formula is C27H32FNO2. The van der Waals surface area contributed by atoms with Gasteiger partial charge in [0.15, 0.2) is 0 Å². The maximum Gasteiger partial charge on any atom is 0.123 e. The molecule has 0 aliphatic rings. The number of nitrogens with zero attached hydrogens (tertiary/aromatic N) is 1. The summed E-state index contributed by atoms with van der Waals surface area (Å²) in [7, 11) is 0. The molecule has 4 heteroatoms. The molecule has 1 unspecified atom stereocenters. The number of halogens is 1. The first-order chi connectivity index (χ1) is 14.9. The van der Waals surface area contributed by atoms with Gasteiger partial charge in [-0.1, -0.05) is 67.9 Å². The quantitative estimate of drug-likeness (QED) is 0.480. The van der Waals surface area contributed by atoms with Gasteiger partial charge >= 0.3 is 0 Å². The Bertz CT molecular complexity index is 934. The van der Waals surface area contributed by atoms with Gasteiger partial charge in [-0.2, -0.15) is 0 Å². The highest BCUT2D eigenvalue weighted by atomic mass is 19.1. The molecule has 3 aromatic carbocycles. The summed E-state index contributed by atoms with van der Waals surface area (Å²) in [4.78, 5) is 2.31. The Hall–Kier alpha value is -2.69. The SMILES string of the molecule is CCN(CC)CCOc1ccc(C(O)(Cc2ccc(F)cc2)c2ccc(C)cc2)cc1. The highest BCUT2D eigenvalue weighted by Crippen LogP contribution is 2.34. The van der Waals surface area contributed by atoms with Crippen LogP contribution in [-0.2, 0) is 12.0 Å². The summed E-state index contributed by atoms with van der Waals surface area (Å²) in [5, 5.41) is 11.8. The summed E-state index contributed by atoms with van der Waals surface area (Å²) in [6.45, 7) is 9.83. The van der Waals surface area contributed by atoms with Gasteiger partial charge in [0, 0.05) is 13.0 Å². The van der Waals surface area contributed by atoms with Gasteiger partial charge in [-0.15, -0.1) is 0 Å². The Labute approximate surface area is 185 Å². The first-order valence-electron chi connectivity index (χ1n) is 10.9. The molecule has 0 radical (unpaired) electrons. The van der Waals surface area contributed by atoms with Crippen molar-refractivity contribution in [3.63, 3.8) is 0 Å². The van der Waals surface area contributed by atoms with E-state index >= 15 is 0 Å². The zero-order valence-electron chi connectivity index (χ0n) is 18.6. The standard InChI is InChI=1S/C27H32FNO2/c1-4-29(5-2)18-19-31-26-16-12-24(13-17-26)27(30,23-10-6-21(3)7-11-23)20-22-8-14-25(28)15-9-22/h6-17,30H,4-5,18-20H2,1-3H3. The average Bonchev–Trinajstić information content (AvgIpc) is 2.79. The van der Waals surface area contributed by atoms with Crippen molar-refractivity contribution in [1.82, 2.24) is 4.90 Å². The molecule has 0 aromatic heterocycles. The van der Waals surface area contributed by atoms with Crippen molar-refractivity contribution < 1.29 is 14.2 Å². The molecule has 0 aliphatic heterocycles. The topological polar surface area (TPSA) is 32.7 Å². The third kappa shape index (κ3) is 5.93. The maximum absolute atomic E-state index is 13.4. The molecule has 3 nitrogen and oxygen atoms in total. The van der Waals surface area contributed by atoms with E-state index in [2.05, 4.69) is 18.7 Å². The monoisotopic (exact) mass is 421 g/mol. The molecule has 0 aliphatic carbocycles. The molecule has 0 amide bonds. The van der Waals surface area contributed by atoms with E-state index < -0.39 is 5.60 Å². The van der Waals surface area contributed by atoms with Gasteiger partial charge in [0.05, 0.1) is 0 Å². The summed E-state index contributed by atoms with van der Waals surface area (Å²) in [5.74, 6) is 0.498. The third-order valence-corrected chi connectivity index (χ3v) is 5.80. The fraction of sp³-hybridized carbons (Fsp3) is 0.333. The summed E-state index contributed by atoms with van der Waals surface area (Å²) in [6.07, 6.45) is 0.346. The van der Waals surface area contributed by atoms with E-state index in [1.165, 1.54) is 12.1 Å². The van der Waals surface area contributed by atoms with Crippen LogP contribution in [0.2, 0.25) is 0 Å². The first kappa shape index (κ1) is 23.0. The van der Waals surface area contributed by atoms with Gasteiger partial charge < -0.3 is 14.7 Å². The second-order valence-electron chi connectivity index (χ2n) is 7.93. The minimum Gasteiger partial charge on any atom is -0.492 e. The molecule has 164 valence electrons. The van der Waals surface area contributed by atoms with Crippen LogP contribution in [0.25, 0.3) is 0 Å². The van der Waals surface area contributed by atoms with Gasteiger partial charge in [-0.05, 0) is 61.0 Å². The minimum absolute atomic E-state index is 0.283. The van der Waals surface area contributed by atoms with Crippen LogP contribution in [-0.4, -0.2) is 36.2 Å². The van der Waals surface area contributed by atoms with E-state index in [0.29, 0.717) is 13.0 Å². The molecule has 31 heavy (non-hydrogen) atoms. The van der Waals surface area contributed by atoms with Crippen molar-refractivity contribution in [2.75, 3.05) is 26.2 Å². The van der Waals surface area contributed by atoms with Crippen LogP contribution in [0, 0.1) is 12.7 Å². The number of hydrogen-bond donors (Lipinski definition) is 1.